The van der Waals surface area contributed by atoms with Crippen LogP contribution < -0.4 is 10.0 Å². The molecule has 0 aromatic heterocycles. The molecule has 0 unspecified atom stereocenters. The Morgan fingerprint density at radius 3 is 2.35 bits per heavy atom. The van der Waals surface area contributed by atoms with Gasteiger partial charge in [-0.15, -0.1) is 0 Å². The lowest BCUT2D eigenvalue weighted by Gasteiger charge is -2.09. The number of nitro benzene ring substituents is 1. The van der Waals surface area contributed by atoms with E-state index in [1.807, 2.05) is 6.92 Å². The Morgan fingerprint density at radius 2 is 1.73 bits per heavy atom. The molecule has 2 aromatic carbocycles. The fourth-order valence-electron chi connectivity index (χ4n) is 2.32. The number of nitrogens with zero attached hydrogens (tertiary/aromatic N) is 1. The number of carbonyl (C=O) groups excluding carboxylic acids is 1. The molecule has 0 saturated heterocycles. The van der Waals surface area contributed by atoms with Gasteiger partial charge in [0, 0.05) is 30.3 Å². The van der Waals surface area contributed by atoms with Crippen LogP contribution in [0.2, 0.25) is 0 Å². The van der Waals surface area contributed by atoms with Crippen LogP contribution in [0.25, 0.3) is 0 Å². The van der Waals surface area contributed by atoms with Gasteiger partial charge in [0.1, 0.15) is 0 Å². The van der Waals surface area contributed by atoms with E-state index in [-0.39, 0.29) is 34.8 Å². The van der Waals surface area contributed by atoms with Crippen molar-refractivity contribution in [2.75, 3.05) is 13.1 Å². The predicted molar refractivity (Wildman–Crippen MR) is 96.5 cm³/mol. The van der Waals surface area contributed by atoms with Crippen molar-refractivity contribution in [3.8, 4) is 0 Å². The number of benzene rings is 2. The first-order chi connectivity index (χ1) is 12.2. The average molecular weight is 377 g/mol. The Hall–Kier alpha value is -2.78. The molecule has 0 aliphatic rings. The zero-order chi connectivity index (χ0) is 19.3. The Kier molecular flexibility index (Phi) is 6.06. The highest BCUT2D eigenvalue weighted by Crippen LogP contribution is 2.20. The summed E-state index contributed by atoms with van der Waals surface area (Å²) in [5.41, 5.74) is 1.25. The van der Waals surface area contributed by atoms with Crippen LogP contribution in [0.15, 0.2) is 47.4 Å². The van der Waals surface area contributed by atoms with Crippen LogP contribution in [-0.2, 0) is 10.0 Å². The quantitative estimate of drug-likeness (QED) is 0.434. The van der Waals surface area contributed by atoms with Crippen molar-refractivity contribution in [2.24, 2.45) is 0 Å². The normalized spacial score (nSPS) is 11.2. The summed E-state index contributed by atoms with van der Waals surface area (Å²) in [6.45, 7) is 3.39. The van der Waals surface area contributed by atoms with Gasteiger partial charge < -0.3 is 5.32 Å². The van der Waals surface area contributed by atoms with E-state index < -0.39 is 20.9 Å². The molecule has 0 radical (unpaired) electrons. The van der Waals surface area contributed by atoms with Crippen molar-refractivity contribution in [2.45, 2.75) is 18.7 Å². The van der Waals surface area contributed by atoms with Crippen LogP contribution >= 0.6 is 0 Å². The lowest BCUT2D eigenvalue weighted by atomic mass is 10.1. The number of nitro groups is 1. The smallest absolute Gasteiger partial charge is 0.273 e. The number of amides is 1. The fraction of sp³-hybridized carbons (Fsp3) is 0.235. The summed E-state index contributed by atoms with van der Waals surface area (Å²) in [4.78, 5) is 22.7. The largest absolute Gasteiger partial charge is 0.351 e. The van der Waals surface area contributed by atoms with Gasteiger partial charge in [0.2, 0.25) is 10.0 Å². The second kappa shape index (κ2) is 8.07. The summed E-state index contributed by atoms with van der Waals surface area (Å²) < 4.78 is 26.7. The Balaban J connectivity index is 1.94. The van der Waals surface area contributed by atoms with Crippen LogP contribution in [0.3, 0.4) is 0 Å². The van der Waals surface area contributed by atoms with E-state index in [1.54, 1.807) is 12.1 Å². The third-order valence-corrected chi connectivity index (χ3v) is 5.26. The van der Waals surface area contributed by atoms with Gasteiger partial charge in [-0.05, 0) is 32.0 Å². The maximum absolute atomic E-state index is 12.2. The van der Waals surface area contributed by atoms with E-state index in [1.165, 1.54) is 37.3 Å². The third kappa shape index (κ3) is 4.64. The number of nitrogens with one attached hydrogen (secondary N) is 2. The molecular weight excluding hydrogens is 358 g/mol. The van der Waals surface area contributed by atoms with Crippen molar-refractivity contribution in [1.29, 1.82) is 0 Å². The highest BCUT2D eigenvalue weighted by atomic mass is 32.2. The monoisotopic (exact) mass is 377 g/mol. The topological polar surface area (TPSA) is 118 Å². The average Bonchev–Trinajstić information content (AvgIpc) is 2.59. The van der Waals surface area contributed by atoms with E-state index in [0.717, 1.165) is 5.56 Å². The number of aryl methyl sites for hydroxylation is 1. The SMILES string of the molecule is Cc1ccc(S(=O)(=O)NCCNC(=O)c2cccc([N+](=O)[O-])c2C)cc1. The first kappa shape index (κ1) is 19.5. The van der Waals surface area contributed by atoms with Crippen molar-refractivity contribution >= 4 is 21.6 Å². The summed E-state index contributed by atoms with van der Waals surface area (Å²) in [5.74, 6) is -0.499. The Morgan fingerprint density at radius 1 is 1.08 bits per heavy atom. The van der Waals surface area contributed by atoms with E-state index in [2.05, 4.69) is 10.0 Å². The first-order valence-corrected chi connectivity index (χ1v) is 9.29. The molecule has 0 fully saturated rings. The molecule has 0 aliphatic heterocycles. The molecule has 0 saturated carbocycles. The van der Waals surface area contributed by atoms with Gasteiger partial charge in [-0.2, -0.15) is 0 Å². The van der Waals surface area contributed by atoms with Crippen molar-refractivity contribution in [3.63, 3.8) is 0 Å². The van der Waals surface area contributed by atoms with Gasteiger partial charge in [-0.3, -0.25) is 14.9 Å². The van der Waals surface area contributed by atoms with Gasteiger partial charge >= 0.3 is 0 Å². The molecule has 0 heterocycles. The van der Waals surface area contributed by atoms with Crippen LogP contribution in [0.5, 0.6) is 0 Å². The molecule has 138 valence electrons. The van der Waals surface area contributed by atoms with Crippen LogP contribution in [0.1, 0.15) is 21.5 Å². The summed E-state index contributed by atoms with van der Waals surface area (Å²) in [5, 5.41) is 13.5. The van der Waals surface area contributed by atoms with Crippen LogP contribution in [0.4, 0.5) is 5.69 Å². The van der Waals surface area contributed by atoms with Gasteiger partial charge in [0.05, 0.1) is 9.82 Å². The molecule has 2 aromatic rings. The minimum absolute atomic E-state index is 0.00404. The molecule has 2 rings (SSSR count). The molecule has 9 heteroatoms. The molecule has 2 N–H and O–H groups in total. The van der Waals surface area contributed by atoms with E-state index >= 15 is 0 Å². The van der Waals surface area contributed by atoms with E-state index in [4.69, 9.17) is 0 Å². The summed E-state index contributed by atoms with van der Waals surface area (Å²) in [6.07, 6.45) is 0. The second-order valence-corrected chi connectivity index (χ2v) is 7.44. The third-order valence-electron chi connectivity index (χ3n) is 3.78. The summed E-state index contributed by atoms with van der Waals surface area (Å²) in [7, 11) is -3.66. The number of hydrogen-bond acceptors (Lipinski definition) is 5. The Labute approximate surface area is 151 Å². The van der Waals surface area contributed by atoms with Gasteiger partial charge in [-0.25, -0.2) is 13.1 Å². The maximum atomic E-state index is 12.2. The highest BCUT2D eigenvalue weighted by Gasteiger charge is 2.18. The minimum atomic E-state index is -3.66. The molecule has 0 aliphatic carbocycles. The highest BCUT2D eigenvalue weighted by molar-refractivity contribution is 7.89. The van der Waals surface area contributed by atoms with Gasteiger partial charge in [-0.1, -0.05) is 23.8 Å². The molecule has 1 amide bonds. The Bertz CT molecular complexity index is 924. The molecule has 0 spiro atoms. The van der Waals surface area contributed by atoms with E-state index in [9.17, 15) is 23.3 Å². The molecule has 0 atom stereocenters. The van der Waals surface area contributed by atoms with Crippen LogP contribution in [0, 0.1) is 24.0 Å². The lowest BCUT2D eigenvalue weighted by Crippen LogP contribution is -2.35. The molecule has 0 bridgehead atoms. The zero-order valence-electron chi connectivity index (χ0n) is 14.4. The number of rotatable bonds is 7. The van der Waals surface area contributed by atoms with Gasteiger partial charge in [0.25, 0.3) is 11.6 Å². The molecule has 26 heavy (non-hydrogen) atoms. The van der Waals surface area contributed by atoms with E-state index in [0.29, 0.717) is 0 Å². The lowest BCUT2D eigenvalue weighted by molar-refractivity contribution is -0.385. The van der Waals surface area contributed by atoms with Crippen molar-refractivity contribution in [1.82, 2.24) is 10.0 Å². The second-order valence-electron chi connectivity index (χ2n) is 5.67. The molecular formula is C17H19N3O5S. The zero-order valence-corrected chi connectivity index (χ0v) is 15.2. The predicted octanol–water partition coefficient (Wildman–Crippen LogP) is 1.92. The van der Waals surface area contributed by atoms with Crippen molar-refractivity contribution < 1.29 is 18.1 Å². The minimum Gasteiger partial charge on any atom is -0.351 e. The van der Waals surface area contributed by atoms with Gasteiger partial charge in [0.15, 0.2) is 0 Å². The first-order valence-electron chi connectivity index (χ1n) is 7.81. The van der Waals surface area contributed by atoms with Crippen LogP contribution in [-0.4, -0.2) is 32.3 Å². The number of carbonyl (C=O) groups is 1. The summed E-state index contributed by atoms with van der Waals surface area (Å²) in [6, 6.07) is 10.6. The summed E-state index contributed by atoms with van der Waals surface area (Å²) >= 11 is 0. The maximum Gasteiger partial charge on any atom is 0.273 e. The molecule has 8 nitrogen and oxygen atoms in total. The van der Waals surface area contributed by atoms with Crippen molar-refractivity contribution in [3.05, 3.63) is 69.3 Å². The fourth-order valence-corrected chi connectivity index (χ4v) is 3.36. The standard InChI is InChI=1S/C17H19N3O5S/c1-12-6-8-14(9-7-12)26(24,25)19-11-10-18-17(21)15-4-3-5-16(13(15)2)20(22)23/h3-9,19H,10-11H2,1-2H3,(H,18,21). The number of hydrogen-bond donors (Lipinski definition) is 2. The number of sulfonamides is 1.